The lowest BCUT2D eigenvalue weighted by Gasteiger charge is -2.18. The van der Waals surface area contributed by atoms with Crippen LogP contribution in [0.25, 0.3) is 0 Å². The van der Waals surface area contributed by atoms with Crippen molar-refractivity contribution in [2.24, 2.45) is 0 Å². The summed E-state index contributed by atoms with van der Waals surface area (Å²) >= 11 is 1.40. The Kier molecular flexibility index (Phi) is 6.75. The van der Waals surface area contributed by atoms with Crippen molar-refractivity contribution in [3.63, 3.8) is 0 Å². The van der Waals surface area contributed by atoms with Crippen LogP contribution in [-0.4, -0.2) is 46.6 Å². The minimum Gasteiger partial charge on any atom is -0.480 e. The van der Waals surface area contributed by atoms with Gasteiger partial charge in [0.1, 0.15) is 6.04 Å². The second kappa shape index (κ2) is 7.25. The number of carbonyl (C=O) groups is 3. The van der Waals surface area contributed by atoms with Crippen LogP contribution in [0.15, 0.2) is 0 Å². The van der Waals surface area contributed by atoms with Crippen LogP contribution >= 0.6 is 11.8 Å². The van der Waals surface area contributed by atoms with Gasteiger partial charge >= 0.3 is 11.9 Å². The summed E-state index contributed by atoms with van der Waals surface area (Å²) in [5.41, 5.74) is 0. The Morgan fingerprint density at radius 1 is 1.33 bits per heavy atom. The molecule has 6 nitrogen and oxygen atoms in total. The maximum Gasteiger partial charge on any atom is 0.326 e. The third-order valence-electron chi connectivity index (χ3n) is 1.87. The van der Waals surface area contributed by atoms with Crippen molar-refractivity contribution in [1.82, 2.24) is 5.32 Å². The Morgan fingerprint density at radius 3 is 2.28 bits per heavy atom. The Hall–Kier alpha value is -1.24. The molecule has 0 saturated heterocycles. The first-order valence-electron chi connectivity index (χ1n) is 5.38. The Labute approximate surface area is 110 Å². The van der Waals surface area contributed by atoms with Gasteiger partial charge in [0.15, 0.2) is 0 Å². The van der Waals surface area contributed by atoms with Gasteiger partial charge in [0.05, 0.1) is 19.3 Å². The average Bonchev–Trinajstić information content (AvgIpc) is 2.24. The molecular formula is C11H19NO5S. The SMILES string of the molecule is COC(=O)C[C@H](NC(=O)CSC(C)(C)C)C(=O)O. The highest BCUT2D eigenvalue weighted by atomic mass is 32.2. The highest BCUT2D eigenvalue weighted by molar-refractivity contribution is 8.01. The number of amides is 1. The molecule has 1 atom stereocenters. The quantitative estimate of drug-likeness (QED) is 0.692. The summed E-state index contributed by atoms with van der Waals surface area (Å²) in [6.07, 6.45) is -0.377. The van der Waals surface area contributed by atoms with Gasteiger partial charge in [-0.25, -0.2) is 4.79 Å². The smallest absolute Gasteiger partial charge is 0.326 e. The molecular weight excluding hydrogens is 258 g/mol. The molecule has 0 heterocycles. The van der Waals surface area contributed by atoms with E-state index in [-0.39, 0.29) is 16.9 Å². The van der Waals surface area contributed by atoms with Crippen molar-refractivity contribution in [2.45, 2.75) is 38.0 Å². The van der Waals surface area contributed by atoms with Gasteiger partial charge in [-0.1, -0.05) is 20.8 Å². The van der Waals surface area contributed by atoms with Crippen molar-refractivity contribution >= 4 is 29.6 Å². The molecule has 0 aliphatic heterocycles. The molecule has 0 rings (SSSR count). The summed E-state index contributed by atoms with van der Waals surface area (Å²) in [5.74, 6) is -2.19. The van der Waals surface area contributed by atoms with Gasteiger partial charge in [0.2, 0.25) is 5.91 Å². The fraction of sp³-hybridized carbons (Fsp3) is 0.727. The molecule has 0 saturated carbocycles. The molecule has 104 valence electrons. The molecule has 18 heavy (non-hydrogen) atoms. The molecule has 0 aliphatic carbocycles. The van der Waals surface area contributed by atoms with E-state index >= 15 is 0 Å². The number of thioether (sulfide) groups is 1. The zero-order valence-corrected chi connectivity index (χ0v) is 11.8. The first kappa shape index (κ1) is 16.8. The maximum atomic E-state index is 11.5. The summed E-state index contributed by atoms with van der Waals surface area (Å²) < 4.78 is 4.28. The zero-order valence-electron chi connectivity index (χ0n) is 11.0. The van der Waals surface area contributed by atoms with E-state index in [1.165, 1.54) is 18.9 Å². The fourth-order valence-corrected chi connectivity index (χ4v) is 1.62. The summed E-state index contributed by atoms with van der Waals surface area (Å²) in [7, 11) is 1.17. The molecule has 0 radical (unpaired) electrons. The number of carboxylic acid groups (broad SMARTS) is 1. The lowest BCUT2D eigenvalue weighted by molar-refractivity contribution is -0.148. The maximum absolute atomic E-state index is 11.5. The van der Waals surface area contributed by atoms with Gasteiger partial charge < -0.3 is 15.2 Å². The number of hydrogen-bond acceptors (Lipinski definition) is 5. The van der Waals surface area contributed by atoms with E-state index in [0.717, 1.165) is 0 Å². The molecule has 0 bridgehead atoms. The number of methoxy groups -OCH3 is 1. The second-order valence-corrected chi connectivity index (χ2v) is 6.44. The van der Waals surface area contributed by atoms with Crippen LogP contribution in [0.4, 0.5) is 0 Å². The van der Waals surface area contributed by atoms with E-state index in [2.05, 4.69) is 10.1 Å². The van der Waals surface area contributed by atoms with E-state index in [9.17, 15) is 14.4 Å². The summed E-state index contributed by atoms with van der Waals surface area (Å²) in [6, 6.07) is -1.24. The molecule has 7 heteroatoms. The number of rotatable bonds is 6. The average molecular weight is 277 g/mol. The number of ether oxygens (including phenoxy) is 1. The van der Waals surface area contributed by atoms with Gasteiger partial charge in [0, 0.05) is 4.75 Å². The number of carboxylic acids is 1. The van der Waals surface area contributed by atoms with E-state index < -0.39 is 23.9 Å². The molecule has 1 amide bonds. The van der Waals surface area contributed by atoms with Crippen molar-refractivity contribution in [2.75, 3.05) is 12.9 Å². The number of hydrogen-bond donors (Lipinski definition) is 2. The Balaban J connectivity index is 4.29. The third-order valence-corrected chi connectivity index (χ3v) is 3.14. The van der Waals surface area contributed by atoms with Gasteiger partial charge in [0.25, 0.3) is 0 Å². The minimum atomic E-state index is -1.26. The van der Waals surface area contributed by atoms with Crippen LogP contribution in [0.5, 0.6) is 0 Å². The number of aliphatic carboxylic acids is 1. The lowest BCUT2D eigenvalue weighted by atomic mass is 10.2. The highest BCUT2D eigenvalue weighted by Gasteiger charge is 2.24. The summed E-state index contributed by atoms with van der Waals surface area (Å²) in [6.45, 7) is 5.86. The number of esters is 1. The molecule has 0 spiro atoms. The van der Waals surface area contributed by atoms with E-state index in [4.69, 9.17) is 5.11 Å². The van der Waals surface area contributed by atoms with Crippen molar-refractivity contribution in [3.05, 3.63) is 0 Å². The van der Waals surface area contributed by atoms with Crippen LogP contribution in [0.3, 0.4) is 0 Å². The Morgan fingerprint density at radius 2 is 1.89 bits per heavy atom. The first-order chi connectivity index (χ1) is 8.15. The van der Waals surface area contributed by atoms with E-state index in [1.54, 1.807) is 0 Å². The predicted octanol–water partition coefficient (Wildman–Crippen LogP) is 0.651. The lowest BCUT2D eigenvalue weighted by Crippen LogP contribution is -2.43. The van der Waals surface area contributed by atoms with Crippen molar-refractivity contribution in [3.8, 4) is 0 Å². The van der Waals surface area contributed by atoms with E-state index in [1.807, 2.05) is 20.8 Å². The third kappa shape index (κ3) is 7.94. The molecule has 0 aromatic carbocycles. The van der Waals surface area contributed by atoms with Crippen LogP contribution in [0, 0.1) is 0 Å². The zero-order chi connectivity index (χ0) is 14.3. The largest absolute Gasteiger partial charge is 0.480 e. The fourth-order valence-electron chi connectivity index (χ4n) is 0.968. The standard InChI is InChI=1S/C11H19NO5S/c1-11(2,3)18-6-8(13)12-7(10(15)16)5-9(14)17-4/h7H,5-6H2,1-4H3,(H,12,13)(H,15,16)/t7-/m0/s1. The van der Waals surface area contributed by atoms with Gasteiger partial charge in [-0.05, 0) is 0 Å². The Bertz CT molecular complexity index is 324. The number of carbonyl (C=O) groups excluding carboxylic acids is 2. The normalized spacial score (nSPS) is 12.7. The summed E-state index contributed by atoms with van der Waals surface area (Å²) in [5, 5.41) is 11.2. The topological polar surface area (TPSA) is 92.7 Å². The van der Waals surface area contributed by atoms with Crippen LogP contribution < -0.4 is 5.32 Å². The van der Waals surface area contributed by atoms with Crippen molar-refractivity contribution < 1.29 is 24.2 Å². The van der Waals surface area contributed by atoms with Gasteiger partial charge in [-0.2, -0.15) is 0 Å². The van der Waals surface area contributed by atoms with Crippen LogP contribution in [0.2, 0.25) is 0 Å². The predicted molar refractivity (Wildman–Crippen MR) is 68.4 cm³/mol. The molecule has 2 N–H and O–H groups in total. The molecule has 0 aromatic rings. The highest BCUT2D eigenvalue weighted by Crippen LogP contribution is 2.22. The number of nitrogens with one attached hydrogen (secondary N) is 1. The monoisotopic (exact) mass is 277 g/mol. The van der Waals surface area contributed by atoms with Crippen molar-refractivity contribution in [1.29, 1.82) is 0 Å². The minimum absolute atomic E-state index is 0.0849. The second-order valence-electron chi connectivity index (χ2n) is 4.64. The van der Waals surface area contributed by atoms with Crippen LogP contribution in [-0.2, 0) is 19.1 Å². The van der Waals surface area contributed by atoms with E-state index in [0.29, 0.717) is 0 Å². The molecule has 0 aliphatic rings. The summed E-state index contributed by atoms with van der Waals surface area (Å²) in [4.78, 5) is 33.4. The van der Waals surface area contributed by atoms with Gasteiger partial charge in [-0.3, -0.25) is 9.59 Å². The van der Waals surface area contributed by atoms with Crippen LogP contribution in [0.1, 0.15) is 27.2 Å². The molecule has 0 aromatic heterocycles. The van der Waals surface area contributed by atoms with Gasteiger partial charge in [-0.15, -0.1) is 11.8 Å². The first-order valence-corrected chi connectivity index (χ1v) is 6.37. The molecule has 0 fully saturated rings. The molecule has 0 unspecified atom stereocenters.